The van der Waals surface area contributed by atoms with Crippen LogP contribution in [0.15, 0.2) is 36.4 Å². The van der Waals surface area contributed by atoms with Gasteiger partial charge in [0.25, 0.3) is 5.91 Å². The Labute approximate surface area is 173 Å². The Kier molecular flexibility index (Phi) is 6.94. The maximum Gasteiger partial charge on any atom is 0.252 e. The first-order valence-corrected chi connectivity index (χ1v) is 8.89. The van der Waals surface area contributed by atoms with Gasteiger partial charge in [-0.15, -0.1) is 0 Å². The maximum absolute atomic E-state index is 13.0. The molecule has 0 aromatic heterocycles. The third-order valence-electron chi connectivity index (χ3n) is 3.00. The summed E-state index contributed by atoms with van der Waals surface area (Å²) in [7, 11) is 0. The van der Waals surface area contributed by atoms with Crippen LogP contribution in [0, 0.1) is 5.82 Å². The van der Waals surface area contributed by atoms with E-state index in [1.54, 1.807) is 0 Å². The van der Waals surface area contributed by atoms with Gasteiger partial charge in [0.15, 0.2) is 0 Å². The second-order valence-corrected chi connectivity index (χ2v) is 8.46. The minimum Gasteiger partial charge on any atom is -0.359 e. The van der Waals surface area contributed by atoms with E-state index in [0.717, 1.165) is 12.1 Å². The van der Waals surface area contributed by atoms with Gasteiger partial charge >= 0.3 is 0 Å². The fraction of sp³-hybridized carbons (Fsp3) is 0.133. The lowest BCUT2D eigenvalue weighted by Gasteiger charge is -2.28. The molecular formula is C15H9Cl6FN2O. The van der Waals surface area contributed by atoms with Crippen molar-refractivity contribution in [3.8, 4) is 0 Å². The number of rotatable bonds is 4. The summed E-state index contributed by atoms with van der Waals surface area (Å²) in [6.07, 6.45) is -1.19. The Morgan fingerprint density at radius 3 is 2.00 bits per heavy atom. The molecule has 1 unspecified atom stereocenters. The highest BCUT2D eigenvalue weighted by Crippen LogP contribution is 2.37. The van der Waals surface area contributed by atoms with Gasteiger partial charge in [0.2, 0.25) is 3.79 Å². The molecule has 2 aromatic rings. The van der Waals surface area contributed by atoms with Gasteiger partial charge in [-0.2, -0.15) is 0 Å². The molecule has 0 aliphatic rings. The first kappa shape index (κ1) is 20.7. The Morgan fingerprint density at radius 2 is 1.52 bits per heavy atom. The highest BCUT2D eigenvalue weighted by Gasteiger charge is 2.35. The molecule has 1 atom stereocenters. The smallest absolute Gasteiger partial charge is 0.252 e. The Morgan fingerprint density at radius 1 is 1.00 bits per heavy atom. The van der Waals surface area contributed by atoms with E-state index in [-0.39, 0.29) is 21.3 Å². The molecule has 3 nitrogen and oxygen atoms in total. The van der Waals surface area contributed by atoms with Crippen LogP contribution in [0.3, 0.4) is 0 Å². The van der Waals surface area contributed by atoms with E-state index in [0.29, 0.717) is 5.02 Å². The summed E-state index contributed by atoms with van der Waals surface area (Å²) in [5, 5.41) is 5.93. The number of carbonyl (C=O) groups excluding carboxylic acids is 1. The summed E-state index contributed by atoms with van der Waals surface area (Å²) in [5.74, 6) is -1.07. The molecule has 0 heterocycles. The minimum absolute atomic E-state index is 0.174. The lowest BCUT2D eigenvalue weighted by Crippen LogP contribution is -2.49. The SMILES string of the molecule is O=C(NC(Nc1c(Cl)cc(Cl)cc1Cl)C(Cl)(Cl)Cl)c1ccc(F)cc1. The van der Waals surface area contributed by atoms with Crippen LogP contribution < -0.4 is 10.6 Å². The summed E-state index contributed by atoms with van der Waals surface area (Å²) in [6.45, 7) is 0. The first-order chi connectivity index (χ1) is 11.6. The first-order valence-electron chi connectivity index (χ1n) is 6.62. The molecule has 134 valence electrons. The zero-order valence-corrected chi connectivity index (χ0v) is 16.6. The fourth-order valence-corrected chi connectivity index (χ4v) is 3.09. The zero-order chi connectivity index (χ0) is 18.8. The number of hydrogen-bond acceptors (Lipinski definition) is 2. The Hall–Kier alpha value is -0.620. The van der Waals surface area contributed by atoms with Crippen molar-refractivity contribution < 1.29 is 9.18 Å². The molecule has 0 aliphatic carbocycles. The Balaban J connectivity index is 2.26. The van der Waals surface area contributed by atoms with Gasteiger partial charge in [-0.25, -0.2) is 4.39 Å². The van der Waals surface area contributed by atoms with E-state index < -0.39 is 21.7 Å². The van der Waals surface area contributed by atoms with E-state index in [1.807, 2.05) is 0 Å². The third kappa shape index (κ3) is 5.68. The quantitative estimate of drug-likeness (QED) is 0.410. The molecule has 0 spiro atoms. The lowest BCUT2D eigenvalue weighted by atomic mass is 10.2. The normalized spacial score (nSPS) is 12.6. The molecule has 0 fully saturated rings. The van der Waals surface area contributed by atoms with Crippen LogP contribution in [0.1, 0.15) is 10.4 Å². The summed E-state index contributed by atoms with van der Waals surface area (Å²) >= 11 is 35.8. The summed E-state index contributed by atoms with van der Waals surface area (Å²) in [6, 6.07) is 7.74. The van der Waals surface area contributed by atoms with E-state index in [2.05, 4.69) is 10.6 Å². The number of nitrogens with one attached hydrogen (secondary N) is 2. The van der Waals surface area contributed by atoms with Crippen molar-refractivity contribution in [1.82, 2.24) is 5.32 Å². The van der Waals surface area contributed by atoms with Crippen LogP contribution >= 0.6 is 69.6 Å². The van der Waals surface area contributed by atoms with Crippen LogP contribution in [-0.2, 0) is 0 Å². The summed E-state index contributed by atoms with van der Waals surface area (Å²) in [4.78, 5) is 12.3. The molecule has 0 saturated carbocycles. The average Bonchev–Trinajstić information content (AvgIpc) is 2.48. The molecule has 25 heavy (non-hydrogen) atoms. The number of halogens is 7. The van der Waals surface area contributed by atoms with Crippen molar-refractivity contribution in [1.29, 1.82) is 0 Å². The van der Waals surface area contributed by atoms with Crippen LogP contribution in [-0.4, -0.2) is 15.9 Å². The molecule has 0 radical (unpaired) electrons. The second kappa shape index (κ2) is 8.38. The number of alkyl halides is 3. The van der Waals surface area contributed by atoms with Gasteiger partial charge in [0.05, 0.1) is 15.7 Å². The number of hydrogen-bond donors (Lipinski definition) is 2. The van der Waals surface area contributed by atoms with Gasteiger partial charge in [-0.3, -0.25) is 4.79 Å². The molecule has 2 rings (SSSR count). The standard InChI is InChI=1S/C15H9Cl6FN2O/c16-8-5-10(17)12(11(18)6-8)23-14(15(19,20)21)24-13(25)7-1-3-9(22)4-2-7/h1-6,14,23H,(H,24,25). The van der Waals surface area contributed by atoms with Crippen LogP contribution in [0.2, 0.25) is 15.1 Å². The monoisotopic (exact) mass is 462 g/mol. The van der Waals surface area contributed by atoms with Crippen molar-refractivity contribution in [2.45, 2.75) is 9.96 Å². The number of benzene rings is 2. The molecule has 2 N–H and O–H groups in total. The van der Waals surface area contributed by atoms with E-state index in [4.69, 9.17) is 69.6 Å². The predicted molar refractivity (Wildman–Crippen MR) is 103 cm³/mol. The van der Waals surface area contributed by atoms with Gasteiger partial charge in [0.1, 0.15) is 12.0 Å². The third-order valence-corrected chi connectivity index (χ3v) is 4.47. The molecule has 2 aromatic carbocycles. The fourth-order valence-electron chi connectivity index (χ4n) is 1.84. The highest BCUT2D eigenvalue weighted by molar-refractivity contribution is 6.68. The van der Waals surface area contributed by atoms with Gasteiger partial charge in [0, 0.05) is 10.6 Å². The molecule has 0 aliphatic heterocycles. The molecule has 1 amide bonds. The van der Waals surface area contributed by atoms with E-state index in [9.17, 15) is 9.18 Å². The van der Waals surface area contributed by atoms with Crippen molar-refractivity contribution in [2.75, 3.05) is 5.32 Å². The largest absolute Gasteiger partial charge is 0.359 e. The van der Waals surface area contributed by atoms with Gasteiger partial charge in [-0.05, 0) is 36.4 Å². The highest BCUT2D eigenvalue weighted by atomic mass is 35.6. The van der Waals surface area contributed by atoms with E-state index in [1.165, 1.54) is 24.3 Å². The number of carbonyl (C=O) groups is 1. The van der Waals surface area contributed by atoms with E-state index >= 15 is 0 Å². The minimum atomic E-state index is -1.94. The number of anilines is 1. The molecular weight excluding hydrogens is 456 g/mol. The molecule has 0 saturated heterocycles. The van der Waals surface area contributed by atoms with Crippen molar-refractivity contribution >= 4 is 81.2 Å². The lowest BCUT2D eigenvalue weighted by molar-refractivity contribution is 0.0942. The second-order valence-electron chi connectivity index (χ2n) is 4.84. The molecule has 0 bridgehead atoms. The van der Waals surface area contributed by atoms with Crippen LogP contribution in [0.5, 0.6) is 0 Å². The molecule has 10 heteroatoms. The number of amides is 1. The summed E-state index contributed by atoms with van der Waals surface area (Å²) < 4.78 is 11.0. The van der Waals surface area contributed by atoms with Crippen LogP contribution in [0.25, 0.3) is 0 Å². The van der Waals surface area contributed by atoms with Gasteiger partial charge < -0.3 is 10.6 Å². The summed E-state index contributed by atoms with van der Waals surface area (Å²) in [5.41, 5.74) is 0.402. The topological polar surface area (TPSA) is 41.1 Å². The van der Waals surface area contributed by atoms with Gasteiger partial charge in [-0.1, -0.05) is 69.6 Å². The zero-order valence-electron chi connectivity index (χ0n) is 12.1. The Bertz CT molecular complexity index is 756. The average molecular weight is 465 g/mol. The van der Waals surface area contributed by atoms with Crippen LogP contribution in [0.4, 0.5) is 10.1 Å². The van der Waals surface area contributed by atoms with Crippen molar-refractivity contribution in [3.05, 3.63) is 62.8 Å². The predicted octanol–water partition coefficient (Wildman–Crippen LogP) is 6.32. The van der Waals surface area contributed by atoms with Crippen molar-refractivity contribution in [2.24, 2.45) is 0 Å². The van der Waals surface area contributed by atoms with Crippen molar-refractivity contribution in [3.63, 3.8) is 0 Å². The maximum atomic E-state index is 13.0.